The van der Waals surface area contributed by atoms with Crippen LogP contribution in [0, 0.1) is 0 Å². The molecule has 0 spiro atoms. The molecule has 1 fully saturated rings. The first-order valence-corrected chi connectivity index (χ1v) is 8.42. The summed E-state index contributed by atoms with van der Waals surface area (Å²) in [5.41, 5.74) is 6.71. The smallest absolute Gasteiger partial charge is 0.222 e. The Morgan fingerprint density at radius 3 is 2.62 bits per heavy atom. The zero-order chi connectivity index (χ0) is 16.9. The van der Waals surface area contributed by atoms with E-state index in [1.165, 1.54) is 0 Å². The normalized spacial score (nSPS) is 20.6. The van der Waals surface area contributed by atoms with E-state index < -0.39 is 0 Å². The Hall–Kier alpha value is -2.05. The van der Waals surface area contributed by atoms with E-state index in [-0.39, 0.29) is 18.1 Å². The number of nitrogen functional groups attached to an aromatic ring is 1. The molecule has 0 saturated heterocycles. The fraction of sp³-hybridized carbons (Fsp3) is 0.412. The third-order valence-corrected chi connectivity index (χ3v) is 4.37. The van der Waals surface area contributed by atoms with Crippen LogP contribution in [0.25, 0.3) is 0 Å². The number of nitrogens with zero attached hydrogens (tertiary/aromatic N) is 2. The molecule has 1 aliphatic rings. The zero-order valence-corrected chi connectivity index (χ0v) is 14.0. The molecular formula is C17H21ClN4O2. The van der Waals surface area contributed by atoms with E-state index in [4.69, 9.17) is 22.1 Å². The lowest BCUT2D eigenvalue weighted by Gasteiger charge is -2.27. The van der Waals surface area contributed by atoms with E-state index in [0.717, 1.165) is 31.2 Å². The van der Waals surface area contributed by atoms with Gasteiger partial charge in [0.05, 0.1) is 12.3 Å². The van der Waals surface area contributed by atoms with Crippen molar-refractivity contribution in [3.63, 3.8) is 0 Å². The van der Waals surface area contributed by atoms with Gasteiger partial charge in [0, 0.05) is 11.1 Å². The highest BCUT2D eigenvalue weighted by Crippen LogP contribution is 2.27. The van der Waals surface area contributed by atoms with Crippen LogP contribution in [0.4, 0.5) is 11.8 Å². The van der Waals surface area contributed by atoms with Crippen LogP contribution in [0.15, 0.2) is 30.5 Å². The van der Waals surface area contributed by atoms with Crippen molar-refractivity contribution in [2.75, 3.05) is 11.1 Å². The summed E-state index contributed by atoms with van der Waals surface area (Å²) in [6, 6.07) is 7.73. The second kappa shape index (κ2) is 7.68. The minimum absolute atomic E-state index is 0.195. The summed E-state index contributed by atoms with van der Waals surface area (Å²) < 4.78 is 5.85. The summed E-state index contributed by atoms with van der Waals surface area (Å²) in [6.07, 6.45) is 4.75. The van der Waals surface area contributed by atoms with Crippen molar-refractivity contribution in [3.8, 4) is 5.75 Å². The fourth-order valence-corrected chi connectivity index (χ4v) is 2.87. The van der Waals surface area contributed by atoms with Crippen molar-refractivity contribution in [2.45, 2.75) is 44.4 Å². The average Bonchev–Trinajstić information content (AvgIpc) is 2.58. The maximum atomic E-state index is 9.61. The zero-order valence-electron chi connectivity index (χ0n) is 13.3. The molecule has 4 N–H and O–H groups in total. The van der Waals surface area contributed by atoms with E-state index in [2.05, 4.69) is 15.3 Å². The predicted octanol–water partition coefficient (Wildman–Crippen LogP) is 3.01. The number of ether oxygens (including phenoxy) is 1. The number of nitrogens with two attached hydrogens (primary N) is 1. The molecule has 0 aliphatic heterocycles. The Morgan fingerprint density at radius 1 is 1.21 bits per heavy atom. The second-order valence-corrected chi connectivity index (χ2v) is 6.44. The Balaban J connectivity index is 1.67. The van der Waals surface area contributed by atoms with Gasteiger partial charge in [0.25, 0.3) is 0 Å². The molecule has 0 atom stereocenters. The minimum atomic E-state index is -0.195. The Kier molecular flexibility index (Phi) is 5.37. The molecule has 7 heteroatoms. The van der Waals surface area contributed by atoms with Crippen molar-refractivity contribution >= 4 is 23.4 Å². The van der Waals surface area contributed by atoms with Crippen LogP contribution in [-0.4, -0.2) is 27.2 Å². The molecule has 6 nitrogen and oxygen atoms in total. The van der Waals surface area contributed by atoms with Gasteiger partial charge < -0.3 is 20.9 Å². The van der Waals surface area contributed by atoms with Gasteiger partial charge in [0.1, 0.15) is 6.61 Å². The molecule has 2 aromatic rings. The molecule has 0 unspecified atom stereocenters. The number of benzene rings is 1. The van der Waals surface area contributed by atoms with Crippen LogP contribution in [0.3, 0.4) is 0 Å². The van der Waals surface area contributed by atoms with Crippen LogP contribution in [0.5, 0.6) is 5.75 Å². The van der Waals surface area contributed by atoms with E-state index >= 15 is 0 Å². The lowest BCUT2D eigenvalue weighted by molar-refractivity contribution is 0.126. The highest BCUT2D eigenvalue weighted by atomic mass is 35.5. The quantitative estimate of drug-likeness (QED) is 0.769. The molecule has 0 radical (unpaired) electrons. The van der Waals surface area contributed by atoms with Gasteiger partial charge in [-0.05, 0) is 43.4 Å². The van der Waals surface area contributed by atoms with E-state index in [9.17, 15) is 5.11 Å². The number of nitrogens with one attached hydrogen (secondary N) is 1. The number of aliphatic hydroxyl groups excluding tert-OH is 1. The molecule has 1 aromatic heterocycles. The largest absolute Gasteiger partial charge is 0.483 e. The summed E-state index contributed by atoms with van der Waals surface area (Å²) >= 11 is 5.89. The van der Waals surface area contributed by atoms with E-state index in [1.54, 1.807) is 6.20 Å². The van der Waals surface area contributed by atoms with Crippen molar-refractivity contribution in [1.82, 2.24) is 9.97 Å². The average molecular weight is 349 g/mol. The van der Waals surface area contributed by atoms with Crippen molar-refractivity contribution in [1.29, 1.82) is 0 Å². The van der Waals surface area contributed by atoms with E-state index in [1.807, 2.05) is 24.3 Å². The van der Waals surface area contributed by atoms with Gasteiger partial charge in [-0.15, -0.1) is 0 Å². The van der Waals surface area contributed by atoms with Gasteiger partial charge in [0.2, 0.25) is 5.95 Å². The number of aromatic nitrogens is 2. The lowest BCUT2D eigenvalue weighted by Crippen LogP contribution is -2.28. The number of rotatable bonds is 5. The second-order valence-electron chi connectivity index (χ2n) is 6.01. The maximum Gasteiger partial charge on any atom is 0.222 e. The van der Waals surface area contributed by atoms with Crippen LogP contribution < -0.4 is 15.8 Å². The summed E-state index contributed by atoms with van der Waals surface area (Å²) in [7, 11) is 0. The summed E-state index contributed by atoms with van der Waals surface area (Å²) in [6.45, 7) is 0.391. The summed E-state index contributed by atoms with van der Waals surface area (Å²) in [4.78, 5) is 8.27. The maximum absolute atomic E-state index is 9.61. The number of aliphatic hydroxyl groups is 1. The van der Waals surface area contributed by atoms with Gasteiger partial charge in [-0.25, -0.2) is 4.98 Å². The standard InChI is InChI=1S/C17H21ClN4O2/c18-12-3-1-11(2-4-12)10-24-15-9-20-17(19)22-16(15)21-13-5-7-14(23)8-6-13/h1-4,9,13-14,23H,5-8,10H2,(H3,19,20,21,22). The topological polar surface area (TPSA) is 93.3 Å². The van der Waals surface area contributed by atoms with Crippen molar-refractivity contribution in [2.24, 2.45) is 0 Å². The molecule has 1 heterocycles. The third kappa shape index (κ3) is 4.49. The molecule has 24 heavy (non-hydrogen) atoms. The van der Waals surface area contributed by atoms with Gasteiger partial charge >= 0.3 is 0 Å². The first-order chi connectivity index (χ1) is 11.6. The molecule has 1 saturated carbocycles. The van der Waals surface area contributed by atoms with Crippen LogP contribution in [-0.2, 0) is 6.61 Å². The first-order valence-electron chi connectivity index (χ1n) is 8.04. The van der Waals surface area contributed by atoms with Crippen molar-refractivity contribution < 1.29 is 9.84 Å². The molecule has 0 bridgehead atoms. The van der Waals surface area contributed by atoms with Gasteiger partial charge in [-0.2, -0.15) is 4.98 Å². The van der Waals surface area contributed by atoms with Gasteiger partial charge in [0.15, 0.2) is 11.6 Å². The molecular weight excluding hydrogens is 328 g/mol. The fourth-order valence-electron chi connectivity index (χ4n) is 2.75. The summed E-state index contributed by atoms with van der Waals surface area (Å²) in [5, 5.41) is 13.7. The van der Waals surface area contributed by atoms with Crippen LogP contribution in [0.1, 0.15) is 31.2 Å². The minimum Gasteiger partial charge on any atom is -0.483 e. The SMILES string of the molecule is Nc1ncc(OCc2ccc(Cl)cc2)c(NC2CCC(O)CC2)n1. The molecule has 1 aliphatic carbocycles. The van der Waals surface area contributed by atoms with Crippen LogP contribution in [0.2, 0.25) is 5.02 Å². The van der Waals surface area contributed by atoms with Gasteiger partial charge in [-0.1, -0.05) is 23.7 Å². The molecule has 128 valence electrons. The third-order valence-electron chi connectivity index (χ3n) is 4.12. The van der Waals surface area contributed by atoms with Crippen LogP contribution >= 0.6 is 11.6 Å². The van der Waals surface area contributed by atoms with Crippen molar-refractivity contribution in [3.05, 3.63) is 41.0 Å². The highest BCUT2D eigenvalue weighted by Gasteiger charge is 2.21. The lowest BCUT2D eigenvalue weighted by atomic mass is 9.93. The van der Waals surface area contributed by atoms with E-state index in [0.29, 0.717) is 23.2 Å². The van der Waals surface area contributed by atoms with Gasteiger partial charge in [-0.3, -0.25) is 0 Å². The number of hydrogen-bond donors (Lipinski definition) is 3. The monoisotopic (exact) mass is 348 g/mol. The highest BCUT2D eigenvalue weighted by molar-refractivity contribution is 6.30. The predicted molar refractivity (Wildman–Crippen MR) is 94.1 cm³/mol. The Bertz CT molecular complexity index is 673. The first kappa shape index (κ1) is 16.8. The number of anilines is 2. The number of halogens is 1. The molecule has 1 aromatic carbocycles. The molecule has 0 amide bonds. The summed E-state index contributed by atoms with van der Waals surface area (Å²) in [5.74, 6) is 1.36. The Labute approximate surface area is 146 Å². The molecule has 3 rings (SSSR count). The number of hydrogen-bond acceptors (Lipinski definition) is 6. The Morgan fingerprint density at radius 2 is 1.92 bits per heavy atom.